The average molecular weight is 572 g/mol. The molecule has 0 bridgehead atoms. The van der Waals surface area contributed by atoms with Crippen LogP contribution in [0.5, 0.6) is 5.75 Å². The van der Waals surface area contributed by atoms with Gasteiger partial charge in [-0.3, -0.25) is 0 Å². The molecular weight excluding hydrogens is 537 g/mol. The van der Waals surface area contributed by atoms with Gasteiger partial charge in [0.2, 0.25) is 20.0 Å². The van der Waals surface area contributed by atoms with Crippen LogP contribution in [0.2, 0.25) is 0 Å². The standard InChI is InChI=1S/C25H34FN3O7S2/c1-18-6-7-19(26)12-24(18)38(33,34)29-10-8-25(9-11-29)14-20(16-36-25)28-15-21(30)17-35-22-4-3-5-23(13-22)37(31,32)27-2/h3-7,12-13,20-21,27-28,30H,8-11,14-17H2,1-2H3. The number of nitrogens with zero attached hydrogens (tertiary/aromatic N) is 1. The third kappa shape index (κ3) is 6.53. The van der Waals surface area contributed by atoms with Gasteiger partial charge in [0.1, 0.15) is 24.3 Å². The van der Waals surface area contributed by atoms with Crippen molar-refractivity contribution in [2.45, 2.75) is 53.7 Å². The van der Waals surface area contributed by atoms with E-state index in [0.717, 1.165) is 6.07 Å². The maximum absolute atomic E-state index is 13.7. The van der Waals surface area contributed by atoms with Crippen molar-refractivity contribution in [3.8, 4) is 5.75 Å². The number of hydrogen-bond donors (Lipinski definition) is 3. The average Bonchev–Trinajstić information content (AvgIpc) is 3.30. The Labute approximate surface area is 223 Å². The van der Waals surface area contributed by atoms with Crippen LogP contribution in [0.25, 0.3) is 0 Å². The van der Waals surface area contributed by atoms with Crippen molar-refractivity contribution in [2.75, 3.05) is 39.9 Å². The van der Waals surface area contributed by atoms with Crippen LogP contribution in [0.15, 0.2) is 52.3 Å². The van der Waals surface area contributed by atoms with Gasteiger partial charge in [-0.05, 0) is 63.1 Å². The van der Waals surface area contributed by atoms with Gasteiger partial charge in [0.05, 0.1) is 22.0 Å². The molecule has 13 heteroatoms. The van der Waals surface area contributed by atoms with Gasteiger partial charge >= 0.3 is 0 Å². The highest BCUT2D eigenvalue weighted by atomic mass is 32.2. The molecule has 2 aromatic carbocycles. The van der Waals surface area contributed by atoms with Gasteiger partial charge in [0.25, 0.3) is 0 Å². The number of hydrogen-bond acceptors (Lipinski definition) is 8. The van der Waals surface area contributed by atoms with Crippen molar-refractivity contribution in [1.82, 2.24) is 14.3 Å². The van der Waals surface area contributed by atoms with E-state index in [-0.39, 0.29) is 42.1 Å². The van der Waals surface area contributed by atoms with Gasteiger partial charge in [-0.15, -0.1) is 0 Å². The summed E-state index contributed by atoms with van der Waals surface area (Å²) in [5.74, 6) is -0.253. The minimum atomic E-state index is -3.80. The first-order valence-corrected chi connectivity index (χ1v) is 15.3. The van der Waals surface area contributed by atoms with E-state index >= 15 is 0 Å². The summed E-state index contributed by atoms with van der Waals surface area (Å²) < 4.78 is 79.1. The van der Waals surface area contributed by atoms with Gasteiger partial charge < -0.3 is 19.9 Å². The van der Waals surface area contributed by atoms with Crippen LogP contribution < -0.4 is 14.8 Å². The molecule has 210 valence electrons. The highest BCUT2D eigenvalue weighted by Gasteiger charge is 2.45. The Kier molecular flexibility index (Phi) is 8.77. The first-order chi connectivity index (χ1) is 17.9. The summed E-state index contributed by atoms with van der Waals surface area (Å²) in [5.41, 5.74) is 0.0628. The smallest absolute Gasteiger partial charge is 0.243 e. The lowest BCUT2D eigenvalue weighted by atomic mass is 9.88. The van der Waals surface area contributed by atoms with E-state index in [1.165, 1.54) is 35.6 Å². The van der Waals surface area contributed by atoms with E-state index in [9.17, 15) is 26.3 Å². The van der Waals surface area contributed by atoms with Crippen LogP contribution in [-0.4, -0.2) is 83.9 Å². The van der Waals surface area contributed by atoms with E-state index < -0.39 is 37.6 Å². The lowest BCUT2D eigenvalue weighted by Gasteiger charge is -2.38. The maximum Gasteiger partial charge on any atom is 0.243 e. The molecular formula is C25H34FN3O7S2. The molecule has 3 N–H and O–H groups in total. The van der Waals surface area contributed by atoms with E-state index in [1.807, 2.05) is 0 Å². The largest absolute Gasteiger partial charge is 0.491 e. The summed E-state index contributed by atoms with van der Waals surface area (Å²) in [6, 6.07) is 9.80. The van der Waals surface area contributed by atoms with Crippen LogP contribution in [0.4, 0.5) is 4.39 Å². The van der Waals surface area contributed by atoms with Crippen molar-refractivity contribution >= 4 is 20.0 Å². The molecule has 2 saturated heterocycles. The molecule has 2 aliphatic heterocycles. The maximum atomic E-state index is 13.7. The van der Waals surface area contributed by atoms with E-state index in [0.29, 0.717) is 37.2 Å². The van der Waals surface area contributed by atoms with Crippen molar-refractivity contribution in [3.63, 3.8) is 0 Å². The fraction of sp³-hybridized carbons (Fsp3) is 0.520. The number of piperidine rings is 1. The Morgan fingerprint density at radius 2 is 1.92 bits per heavy atom. The molecule has 0 amide bonds. The number of aliphatic hydroxyl groups is 1. The molecule has 4 rings (SSSR count). The lowest BCUT2D eigenvalue weighted by Crippen LogP contribution is -2.47. The summed E-state index contributed by atoms with van der Waals surface area (Å²) in [7, 11) is -6.07. The number of benzene rings is 2. The topological polar surface area (TPSA) is 134 Å². The Bertz CT molecular complexity index is 1350. The summed E-state index contributed by atoms with van der Waals surface area (Å²) in [6.45, 7) is 2.87. The first-order valence-electron chi connectivity index (χ1n) is 12.4. The molecule has 1 spiro atoms. The molecule has 10 nitrogen and oxygen atoms in total. The molecule has 2 unspecified atom stereocenters. The number of rotatable bonds is 10. The molecule has 2 atom stereocenters. The zero-order valence-electron chi connectivity index (χ0n) is 21.4. The lowest BCUT2D eigenvalue weighted by molar-refractivity contribution is -0.0312. The minimum Gasteiger partial charge on any atom is -0.491 e. The number of halogens is 1. The normalized spacial score (nSPS) is 21.0. The van der Waals surface area contributed by atoms with E-state index in [1.54, 1.807) is 19.1 Å². The molecule has 2 heterocycles. The predicted octanol–water partition coefficient (Wildman–Crippen LogP) is 1.38. The molecule has 2 fully saturated rings. The van der Waals surface area contributed by atoms with Crippen LogP contribution in [0.3, 0.4) is 0 Å². The number of ether oxygens (including phenoxy) is 2. The second kappa shape index (κ2) is 11.5. The van der Waals surface area contributed by atoms with E-state index in [4.69, 9.17) is 9.47 Å². The Morgan fingerprint density at radius 1 is 1.18 bits per heavy atom. The Hall–Kier alpha value is -2.13. The highest BCUT2D eigenvalue weighted by Crippen LogP contribution is 2.37. The zero-order valence-corrected chi connectivity index (χ0v) is 23.0. The molecule has 0 saturated carbocycles. The monoisotopic (exact) mass is 571 g/mol. The zero-order chi connectivity index (χ0) is 27.6. The summed E-state index contributed by atoms with van der Waals surface area (Å²) in [6.07, 6.45) is 0.891. The third-order valence-electron chi connectivity index (χ3n) is 7.08. The number of sulfonamides is 2. The van der Waals surface area contributed by atoms with Gasteiger partial charge in [0.15, 0.2) is 0 Å². The van der Waals surface area contributed by atoms with Crippen molar-refractivity contribution in [3.05, 3.63) is 53.8 Å². The summed E-state index contributed by atoms with van der Waals surface area (Å²) in [4.78, 5) is 0.0651. The van der Waals surface area contributed by atoms with Gasteiger partial charge in [-0.25, -0.2) is 25.9 Å². The number of nitrogens with one attached hydrogen (secondary N) is 2. The second-order valence-electron chi connectivity index (χ2n) is 9.76. The van der Waals surface area contributed by atoms with Crippen molar-refractivity contribution in [1.29, 1.82) is 0 Å². The third-order valence-corrected chi connectivity index (χ3v) is 10.5. The fourth-order valence-electron chi connectivity index (χ4n) is 4.85. The van der Waals surface area contributed by atoms with Crippen molar-refractivity contribution in [2.24, 2.45) is 0 Å². The Morgan fingerprint density at radius 3 is 2.63 bits per heavy atom. The molecule has 2 aromatic rings. The van der Waals surface area contributed by atoms with Crippen LogP contribution in [0, 0.1) is 12.7 Å². The number of aryl methyl sites for hydroxylation is 1. The van der Waals surface area contributed by atoms with E-state index in [2.05, 4.69) is 10.0 Å². The van der Waals surface area contributed by atoms with Crippen LogP contribution in [0.1, 0.15) is 24.8 Å². The summed E-state index contributed by atoms with van der Waals surface area (Å²) >= 11 is 0. The summed E-state index contributed by atoms with van der Waals surface area (Å²) in [5, 5.41) is 13.6. The van der Waals surface area contributed by atoms with Crippen LogP contribution in [-0.2, 0) is 24.8 Å². The molecule has 0 aliphatic carbocycles. The predicted molar refractivity (Wildman–Crippen MR) is 138 cm³/mol. The molecule has 0 radical (unpaired) electrons. The molecule has 38 heavy (non-hydrogen) atoms. The van der Waals surface area contributed by atoms with Gasteiger partial charge in [-0.2, -0.15) is 4.31 Å². The minimum absolute atomic E-state index is 0.00748. The molecule has 2 aliphatic rings. The Balaban J connectivity index is 1.24. The van der Waals surface area contributed by atoms with Crippen LogP contribution >= 0.6 is 0 Å². The second-order valence-corrected chi connectivity index (χ2v) is 13.6. The fourth-order valence-corrected chi connectivity index (χ4v) is 7.29. The van der Waals surface area contributed by atoms with Gasteiger partial charge in [-0.1, -0.05) is 12.1 Å². The quantitative estimate of drug-likeness (QED) is 0.390. The first kappa shape index (κ1) is 28.9. The molecule has 0 aromatic heterocycles. The van der Waals surface area contributed by atoms with Gasteiger partial charge in [0, 0.05) is 31.7 Å². The SMILES string of the molecule is CNS(=O)(=O)c1cccc(OCC(O)CNC2COC3(CCN(S(=O)(=O)c4cc(F)ccc4C)CC3)C2)c1. The van der Waals surface area contributed by atoms with Crippen molar-refractivity contribution < 1.29 is 35.8 Å². The highest BCUT2D eigenvalue weighted by molar-refractivity contribution is 7.89. The number of aliphatic hydroxyl groups excluding tert-OH is 1.